The van der Waals surface area contributed by atoms with Gasteiger partial charge in [0, 0.05) is 12.8 Å². The Balaban J connectivity index is 2.16. The second-order valence-corrected chi connectivity index (χ2v) is 7.48. The summed E-state index contributed by atoms with van der Waals surface area (Å²) in [5.41, 5.74) is 0.600. The van der Waals surface area contributed by atoms with Gasteiger partial charge in [0.1, 0.15) is 6.10 Å². The van der Waals surface area contributed by atoms with Crippen LogP contribution < -0.4 is 0 Å². The van der Waals surface area contributed by atoms with Crippen LogP contribution in [0.1, 0.15) is 75.1 Å². The summed E-state index contributed by atoms with van der Waals surface area (Å²) in [5.74, 6) is -0.396. The van der Waals surface area contributed by atoms with Crippen molar-refractivity contribution in [1.82, 2.24) is 0 Å². The van der Waals surface area contributed by atoms with Crippen molar-refractivity contribution in [1.29, 1.82) is 0 Å². The van der Waals surface area contributed by atoms with Crippen molar-refractivity contribution in [2.75, 3.05) is 7.11 Å². The van der Waals surface area contributed by atoms with Gasteiger partial charge in [-0.15, -0.1) is 0 Å². The Morgan fingerprint density at radius 2 is 1.47 bits per heavy atom. The number of rotatable bonds is 16. The van der Waals surface area contributed by atoms with Gasteiger partial charge >= 0.3 is 11.9 Å². The predicted molar refractivity (Wildman–Crippen MR) is 131 cm³/mol. The molecule has 4 heteroatoms. The third-order valence-corrected chi connectivity index (χ3v) is 4.76. The molecule has 1 aromatic rings. The van der Waals surface area contributed by atoms with Crippen LogP contribution in [-0.4, -0.2) is 25.2 Å². The summed E-state index contributed by atoms with van der Waals surface area (Å²) in [5, 5.41) is 0. The maximum atomic E-state index is 12.2. The molecule has 0 aromatic heterocycles. The zero-order valence-corrected chi connectivity index (χ0v) is 19.6. The summed E-state index contributed by atoms with van der Waals surface area (Å²) in [6, 6.07) is 9.15. The van der Waals surface area contributed by atoms with Crippen LogP contribution in [0.4, 0.5) is 0 Å². The van der Waals surface area contributed by atoms with Crippen molar-refractivity contribution in [3.8, 4) is 0 Å². The van der Waals surface area contributed by atoms with E-state index >= 15 is 0 Å². The molecule has 174 valence electrons. The van der Waals surface area contributed by atoms with Crippen molar-refractivity contribution in [2.45, 2.75) is 70.8 Å². The third kappa shape index (κ3) is 14.2. The first-order valence-electron chi connectivity index (χ1n) is 11.6. The van der Waals surface area contributed by atoms with Gasteiger partial charge in [0.15, 0.2) is 0 Å². The molecule has 0 saturated carbocycles. The van der Waals surface area contributed by atoms with E-state index < -0.39 is 0 Å². The molecule has 0 unspecified atom stereocenters. The first-order valence-corrected chi connectivity index (χ1v) is 11.6. The van der Waals surface area contributed by atoms with E-state index in [1.165, 1.54) is 7.11 Å². The number of unbranched alkanes of at least 4 members (excludes halogenated alkanes) is 1. The van der Waals surface area contributed by atoms with Crippen molar-refractivity contribution >= 4 is 11.9 Å². The molecule has 0 bridgehead atoms. The minimum atomic E-state index is -0.250. The van der Waals surface area contributed by atoms with Gasteiger partial charge in [0.2, 0.25) is 0 Å². The van der Waals surface area contributed by atoms with Crippen LogP contribution >= 0.6 is 0 Å². The number of esters is 2. The van der Waals surface area contributed by atoms with E-state index in [1.54, 1.807) is 12.1 Å². The molecule has 0 amide bonds. The monoisotopic (exact) mass is 438 g/mol. The Morgan fingerprint density at radius 1 is 0.875 bits per heavy atom. The molecule has 0 saturated heterocycles. The number of ether oxygens (including phenoxy) is 2. The summed E-state index contributed by atoms with van der Waals surface area (Å²) in [6.07, 6.45) is 24.5. The summed E-state index contributed by atoms with van der Waals surface area (Å²) < 4.78 is 10.3. The Bertz CT molecular complexity index is 744. The minimum Gasteiger partial charge on any atom is -0.469 e. The number of hydrogen-bond acceptors (Lipinski definition) is 4. The van der Waals surface area contributed by atoms with Crippen LogP contribution in [0.15, 0.2) is 78.9 Å². The third-order valence-electron chi connectivity index (χ3n) is 4.76. The smallest absolute Gasteiger partial charge is 0.338 e. The van der Waals surface area contributed by atoms with E-state index in [4.69, 9.17) is 4.74 Å². The maximum Gasteiger partial charge on any atom is 0.338 e. The van der Waals surface area contributed by atoms with Crippen LogP contribution in [0.3, 0.4) is 0 Å². The van der Waals surface area contributed by atoms with E-state index in [-0.39, 0.29) is 18.0 Å². The van der Waals surface area contributed by atoms with Gasteiger partial charge in [-0.1, -0.05) is 80.2 Å². The van der Waals surface area contributed by atoms with E-state index in [2.05, 4.69) is 60.3 Å². The number of methoxy groups -OCH3 is 1. The second kappa shape index (κ2) is 18.9. The number of benzene rings is 1. The van der Waals surface area contributed by atoms with Crippen LogP contribution in [0.2, 0.25) is 0 Å². The first kappa shape index (κ1) is 27.2. The van der Waals surface area contributed by atoms with Crippen molar-refractivity contribution < 1.29 is 19.1 Å². The maximum absolute atomic E-state index is 12.2. The molecule has 0 aliphatic carbocycles. The Hall–Kier alpha value is -2.88. The molecular formula is C28H38O4. The predicted octanol–water partition coefficient (Wildman–Crippen LogP) is 7.14. The van der Waals surface area contributed by atoms with Gasteiger partial charge < -0.3 is 9.47 Å². The van der Waals surface area contributed by atoms with Gasteiger partial charge in [-0.2, -0.15) is 0 Å². The summed E-state index contributed by atoms with van der Waals surface area (Å²) in [7, 11) is 1.42. The molecule has 0 fully saturated rings. The lowest BCUT2D eigenvalue weighted by molar-refractivity contribution is -0.140. The quantitative estimate of drug-likeness (QED) is 0.156. The van der Waals surface area contributed by atoms with E-state index in [1.807, 2.05) is 18.2 Å². The number of carbonyl (C=O) groups excluding carboxylic acids is 2. The van der Waals surface area contributed by atoms with E-state index in [0.29, 0.717) is 12.0 Å². The Kier molecular flexibility index (Phi) is 16.0. The fourth-order valence-corrected chi connectivity index (χ4v) is 2.99. The highest BCUT2D eigenvalue weighted by molar-refractivity contribution is 5.89. The van der Waals surface area contributed by atoms with Crippen LogP contribution in [0.25, 0.3) is 0 Å². The number of carbonyl (C=O) groups is 2. The average molecular weight is 439 g/mol. The SMILES string of the molecule is CCC[C@H](C/C=C\C/C=C\C/C=C\C/C=C\CCCC(=O)OC)OC(=O)c1ccccc1. The van der Waals surface area contributed by atoms with Crippen molar-refractivity contribution in [3.63, 3.8) is 0 Å². The highest BCUT2D eigenvalue weighted by Crippen LogP contribution is 2.12. The fraction of sp³-hybridized carbons (Fsp3) is 0.429. The molecule has 32 heavy (non-hydrogen) atoms. The lowest BCUT2D eigenvalue weighted by Gasteiger charge is -2.15. The Labute approximate surface area is 193 Å². The molecule has 1 atom stereocenters. The van der Waals surface area contributed by atoms with Gasteiger partial charge in [-0.25, -0.2) is 4.79 Å². The summed E-state index contributed by atoms with van der Waals surface area (Å²) in [6.45, 7) is 2.10. The van der Waals surface area contributed by atoms with E-state index in [0.717, 1.165) is 51.4 Å². The molecule has 0 aliphatic heterocycles. The zero-order chi connectivity index (χ0) is 23.3. The van der Waals surface area contributed by atoms with Gasteiger partial charge in [0.05, 0.1) is 12.7 Å². The second-order valence-electron chi connectivity index (χ2n) is 7.48. The normalized spacial score (nSPS) is 12.8. The molecule has 1 rings (SSSR count). The van der Waals surface area contributed by atoms with Crippen LogP contribution in [0.5, 0.6) is 0 Å². The molecule has 1 aromatic carbocycles. The first-order chi connectivity index (χ1) is 15.7. The average Bonchev–Trinajstić information content (AvgIpc) is 2.81. The zero-order valence-electron chi connectivity index (χ0n) is 19.6. The molecular weight excluding hydrogens is 400 g/mol. The topological polar surface area (TPSA) is 52.6 Å². The van der Waals surface area contributed by atoms with Crippen LogP contribution in [-0.2, 0) is 14.3 Å². The molecule has 0 heterocycles. The number of hydrogen-bond donors (Lipinski definition) is 0. The molecule has 4 nitrogen and oxygen atoms in total. The highest BCUT2D eigenvalue weighted by atomic mass is 16.5. The largest absolute Gasteiger partial charge is 0.469 e. The van der Waals surface area contributed by atoms with E-state index in [9.17, 15) is 9.59 Å². The van der Waals surface area contributed by atoms with Crippen molar-refractivity contribution in [3.05, 3.63) is 84.5 Å². The minimum absolute atomic E-state index is 0.0793. The lowest BCUT2D eigenvalue weighted by Crippen LogP contribution is -2.17. The molecule has 0 aliphatic rings. The molecule has 0 N–H and O–H groups in total. The fourth-order valence-electron chi connectivity index (χ4n) is 2.99. The molecule has 0 spiro atoms. The number of allylic oxidation sites excluding steroid dienone is 7. The van der Waals surface area contributed by atoms with Gasteiger partial charge in [0.25, 0.3) is 0 Å². The summed E-state index contributed by atoms with van der Waals surface area (Å²) >= 11 is 0. The van der Waals surface area contributed by atoms with Crippen molar-refractivity contribution in [2.24, 2.45) is 0 Å². The summed E-state index contributed by atoms with van der Waals surface area (Å²) in [4.78, 5) is 23.2. The standard InChI is InChI=1S/C28H38O4/c1-3-20-26(32-28(30)25-21-16-15-17-22-25)23-18-13-11-9-7-5-4-6-8-10-12-14-19-24-27(29)31-2/h4,6-7,9-10,12-13,15-18,21-22,26H,3,5,8,11,14,19-20,23-24H2,1-2H3/b6-4-,9-7-,12-10-,18-13-/t26-/m1/s1. The molecule has 0 radical (unpaired) electrons. The van der Waals surface area contributed by atoms with Crippen LogP contribution in [0, 0.1) is 0 Å². The highest BCUT2D eigenvalue weighted by Gasteiger charge is 2.13. The van der Waals surface area contributed by atoms with Gasteiger partial charge in [-0.05, 0) is 50.7 Å². The lowest BCUT2D eigenvalue weighted by atomic mass is 10.1. The Morgan fingerprint density at radius 3 is 2.06 bits per heavy atom. The van der Waals surface area contributed by atoms with Gasteiger partial charge in [-0.3, -0.25) is 4.79 Å².